The highest BCUT2D eigenvalue weighted by Gasteiger charge is 2.18. The summed E-state index contributed by atoms with van der Waals surface area (Å²) in [6.45, 7) is 5.60. The molecule has 3 heteroatoms. The van der Waals surface area contributed by atoms with Crippen LogP contribution < -0.4 is 10.2 Å². The van der Waals surface area contributed by atoms with Crippen LogP contribution in [0.1, 0.15) is 19.8 Å². The van der Waals surface area contributed by atoms with Crippen molar-refractivity contribution in [1.29, 1.82) is 0 Å². The fraction of sp³-hybridized carbons (Fsp3) is 0.538. The van der Waals surface area contributed by atoms with Crippen molar-refractivity contribution in [1.82, 2.24) is 5.32 Å². The van der Waals surface area contributed by atoms with E-state index >= 15 is 0 Å². The average Bonchev–Trinajstić information content (AvgIpc) is 2.30. The molecule has 0 radical (unpaired) electrons. The number of piperidine rings is 1. The van der Waals surface area contributed by atoms with Gasteiger partial charge in [0.1, 0.15) is 0 Å². The quantitative estimate of drug-likeness (QED) is 0.858. The Labute approximate surface area is 112 Å². The van der Waals surface area contributed by atoms with Crippen LogP contribution in [0.2, 0.25) is 0 Å². The Morgan fingerprint density at radius 1 is 1.50 bits per heavy atom. The number of rotatable bonds is 3. The minimum Gasteiger partial charge on any atom is -0.370 e. The van der Waals surface area contributed by atoms with E-state index < -0.39 is 0 Å². The lowest BCUT2D eigenvalue weighted by Crippen LogP contribution is -2.45. The molecule has 1 aromatic carbocycles. The molecule has 0 aliphatic carbocycles. The molecule has 1 N–H and O–H groups in total. The van der Waals surface area contributed by atoms with E-state index in [-0.39, 0.29) is 0 Å². The van der Waals surface area contributed by atoms with Crippen molar-refractivity contribution in [3.8, 4) is 0 Å². The topological polar surface area (TPSA) is 15.3 Å². The highest BCUT2D eigenvalue weighted by molar-refractivity contribution is 14.1. The number of anilines is 1. The zero-order valence-electron chi connectivity index (χ0n) is 9.75. The maximum Gasteiger partial charge on any atom is 0.0377 e. The van der Waals surface area contributed by atoms with Crippen LogP contribution in [0.4, 0.5) is 5.69 Å². The van der Waals surface area contributed by atoms with Crippen LogP contribution in [0.15, 0.2) is 24.3 Å². The Kier molecular flexibility index (Phi) is 4.46. The fourth-order valence-corrected chi connectivity index (χ4v) is 2.87. The fourth-order valence-electron chi connectivity index (χ4n) is 2.34. The Balaban J connectivity index is 2.03. The van der Waals surface area contributed by atoms with Gasteiger partial charge >= 0.3 is 0 Å². The maximum atomic E-state index is 3.56. The predicted molar refractivity (Wildman–Crippen MR) is 78.1 cm³/mol. The number of benzene rings is 1. The normalized spacial score (nSPS) is 21.1. The zero-order valence-corrected chi connectivity index (χ0v) is 11.9. The van der Waals surface area contributed by atoms with Crippen LogP contribution in [0.25, 0.3) is 0 Å². The minimum absolute atomic E-state index is 0.664. The SMILES string of the molecule is CCNC1CCCN(c2cccc(I)c2)C1. The average molecular weight is 330 g/mol. The molecule has 1 aromatic rings. The van der Waals surface area contributed by atoms with E-state index in [1.165, 1.54) is 28.6 Å². The summed E-state index contributed by atoms with van der Waals surface area (Å²) in [5.74, 6) is 0. The van der Waals surface area contributed by atoms with E-state index in [0.717, 1.165) is 13.1 Å². The predicted octanol–water partition coefficient (Wildman–Crippen LogP) is 2.87. The number of halogens is 1. The van der Waals surface area contributed by atoms with E-state index in [9.17, 15) is 0 Å². The number of nitrogens with one attached hydrogen (secondary N) is 1. The van der Waals surface area contributed by atoms with Gasteiger partial charge in [0, 0.05) is 28.4 Å². The van der Waals surface area contributed by atoms with Crippen LogP contribution in [0.5, 0.6) is 0 Å². The molecule has 1 atom stereocenters. The molecular weight excluding hydrogens is 311 g/mol. The van der Waals surface area contributed by atoms with Crippen LogP contribution in [-0.2, 0) is 0 Å². The highest BCUT2D eigenvalue weighted by atomic mass is 127. The molecule has 0 spiro atoms. The van der Waals surface area contributed by atoms with Crippen LogP contribution in [0.3, 0.4) is 0 Å². The van der Waals surface area contributed by atoms with Crippen molar-refractivity contribution in [2.45, 2.75) is 25.8 Å². The molecule has 0 amide bonds. The van der Waals surface area contributed by atoms with Gasteiger partial charge in [-0.15, -0.1) is 0 Å². The van der Waals surface area contributed by atoms with Crippen molar-refractivity contribution in [3.63, 3.8) is 0 Å². The lowest BCUT2D eigenvalue weighted by molar-refractivity contribution is 0.431. The van der Waals surface area contributed by atoms with Gasteiger partial charge < -0.3 is 10.2 Å². The molecule has 1 aliphatic heterocycles. The first-order chi connectivity index (χ1) is 7.79. The van der Waals surface area contributed by atoms with E-state index in [4.69, 9.17) is 0 Å². The second kappa shape index (κ2) is 5.87. The molecule has 1 heterocycles. The molecule has 88 valence electrons. The van der Waals surface area contributed by atoms with Gasteiger partial charge in [0.05, 0.1) is 0 Å². The molecule has 1 saturated heterocycles. The van der Waals surface area contributed by atoms with E-state index in [0.29, 0.717) is 6.04 Å². The van der Waals surface area contributed by atoms with Crippen molar-refractivity contribution in [2.75, 3.05) is 24.5 Å². The van der Waals surface area contributed by atoms with Crippen molar-refractivity contribution >= 4 is 28.3 Å². The minimum atomic E-state index is 0.664. The van der Waals surface area contributed by atoms with Gasteiger partial charge in [0.25, 0.3) is 0 Å². The zero-order chi connectivity index (χ0) is 11.4. The number of nitrogens with zero attached hydrogens (tertiary/aromatic N) is 1. The molecule has 16 heavy (non-hydrogen) atoms. The van der Waals surface area contributed by atoms with Crippen LogP contribution >= 0.6 is 22.6 Å². The molecule has 0 aromatic heterocycles. The van der Waals surface area contributed by atoms with Crippen molar-refractivity contribution in [3.05, 3.63) is 27.8 Å². The van der Waals surface area contributed by atoms with Gasteiger partial charge in [-0.1, -0.05) is 13.0 Å². The summed E-state index contributed by atoms with van der Waals surface area (Å²) in [7, 11) is 0. The second-order valence-electron chi connectivity index (χ2n) is 4.32. The summed E-state index contributed by atoms with van der Waals surface area (Å²) in [6.07, 6.45) is 2.61. The van der Waals surface area contributed by atoms with Crippen molar-refractivity contribution < 1.29 is 0 Å². The molecule has 1 fully saturated rings. The summed E-state index contributed by atoms with van der Waals surface area (Å²) in [5.41, 5.74) is 1.37. The Hall–Kier alpha value is -0.290. The third-order valence-electron chi connectivity index (χ3n) is 3.09. The van der Waals surface area contributed by atoms with Gasteiger partial charge in [0.15, 0.2) is 0 Å². The first kappa shape index (κ1) is 12.2. The Morgan fingerprint density at radius 2 is 2.38 bits per heavy atom. The standard InChI is InChI=1S/C13H19IN2/c1-2-15-12-6-4-8-16(10-12)13-7-3-5-11(14)9-13/h3,5,7,9,12,15H,2,4,6,8,10H2,1H3. The lowest BCUT2D eigenvalue weighted by atomic mass is 10.0. The molecule has 1 unspecified atom stereocenters. The number of hydrogen-bond donors (Lipinski definition) is 1. The molecule has 1 aliphatic rings. The second-order valence-corrected chi connectivity index (χ2v) is 5.57. The third kappa shape index (κ3) is 3.10. The summed E-state index contributed by atoms with van der Waals surface area (Å²) >= 11 is 2.38. The van der Waals surface area contributed by atoms with E-state index in [1.54, 1.807) is 0 Å². The van der Waals surface area contributed by atoms with E-state index in [2.05, 4.69) is 64.0 Å². The van der Waals surface area contributed by atoms with Gasteiger partial charge in [-0.25, -0.2) is 0 Å². The molecule has 0 saturated carbocycles. The summed E-state index contributed by atoms with van der Waals surface area (Å²) in [5, 5.41) is 3.56. The Bertz CT molecular complexity index is 338. The summed E-state index contributed by atoms with van der Waals surface area (Å²) in [6, 6.07) is 9.45. The Morgan fingerprint density at radius 3 is 3.12 bits per heavy atom. The third-order valence-corrected chi connectivity index (χ3v) is 3.76. The maximum absolute atomic E-state index is 3.56. The first-order valence-corrected chi connectivity index (χ1v) is 7.11. The van der Waals surface area contributed by atoms with Gasteiger partial charge in [-0.05, 0) is 60.2 Å². The van der Waals surface area contributed by atoms with Gasteiger partial charge in [0.2, 0.25) is 0 Å². The first-order valence-electron chi connectivity index (χ1n) is 6.03. The number of hydrogen-bond acceptors (Lipinski definition) is 2. The van der Waals surface area contributed by atoms with Crippen LogP contribution in [-0.4, -0.2) is 25.7 Å². The molecule has 2 rings (SSSR count). The number of likely N-dealkylation sites (N-methyl/N-ethyl adjacent to an activating group) is 1. The monoisotopic (exact) mass is 330 g/mol. The lowest BCUT2D eigenvalue weighted by Gasteiger charge is -2.34. The largest absolute Gasteiger partial charge is 0.370 e. The van der Waals surface area contributed by atoms with Gasteiger partial charge in [-0.3, -0.25) is 0 Å². The molecule has 2 nitrogen and oxygen atoms in total. The summed E-state index contributed by atoms with van der Waals surface area (Å²) in [4.78, 5) is 2.50. The van der Waals surface area contributed by atoms with Crippen LogP contribution in [0, 0.1) is 3.57 Å². The smallest absolute Gasteiger partial charge is 0.0377 e. The van der Waals surface area contributed by atoms with Gasteiger partial charge in [-0.2, -0.15) is 0 Å². The summed E-state index contributed by atoms with van der Waals surface area (Å²) < 4.78 is 1.32. The molecular formula is C13H19IN2. The van der Waals surface area contributed by atoms with Crippen molar-refractivity contribution in [2.24, 2.45) is 0 Å². The molecule has 0 bridgehead atoms. The highest BCUT2D eigenvalue weighted by Crippen LogP contribution is 2.21. The van der Waals surface area contributed by atoms with E-state index in [1.807, 2.05) is 0 Å².